The summed E-state index contributed by atoms with van der Waals surface area (Å²) in [6.07, 6.45) is 0. The molecule has 1 saturated heterocycles. The molecule has 0 spiro atoms. The number of hydrogen-bond acceptors (Lipinski definition) is 5. The van der Waals surface area contributed by atoms with Crippen molar-refractivity contribution in [1.29, 1.82) is 0 Å². The summed E-state index contributed by atoms with van der Waals surface area (Å²) in [7, 11) is -3.54. The molecular formula is C12H22N4O3S. The molecule has 114 valence electrons. The number of aryl methyl sites for hydroxylation is 1. The molecule has 0 saturated carbocycles. The van der Waals surface area contributed by atoms with Gasteiger partial charge in [0.1, 0.15) is 4.90 Å². The summed E-state index contributed by atoms with van der Waals surface area (Å²) in [6.45, 7) is 7.52. The van der Waals surface area contributed by atoms with Gasteiger partial charge in [0.15, 0.2) is 0 Å². The van der Waals surface area contributed by atoms with Gasteiger partial charge in [0, 0.05) is 19.1 Å². The van der Waals surface area contributed by atoms with Gasteiger partial charge in [0.25, 0.3) is 0 Å². The molecule has 0 radical (unpaired) electrons. The lowest BCUT2D eigenvalue weighted by atomic mass is 10.3. The van der Waals surface area contributed by atoms with Crippen LogP contribution in [0, 0.1) is 13.8 Å². The molecule has 0 bridgehead atoms. The van der Waals surface area contributed by atoms with Crippen LogP contribution in [0.4, 0.5) is 0 Å². The fourth-order valence-corrected chi connectivity index (χ4v) is 4.56. The zero-order chi connectivity index (χ0) is 14.9. The Labute approximate surface area is 119 Å². The van der Waals surface area contributed by atoms with Crippen LogP contribution >= 0.6 is 0 Å². The van der Waals surface area contributed by atoms with Crippen LogP contribution in [0.5, 0.6) is 0 Å². The van der Waals surface area contributed by atoms with Crippen LogP contribution < -0.4 is 5.73 Å². The largest absolute Gasteiger partial charge is 0.378 e. The van der Waals surface area contributed by atoms with Crippen molar-refractivity contribution in [3.63, 3.8) is 0 Å². The highest BCUT2D eigenvalue weighted by atomic mass is 32.2. The fraction of sp³-hybridized carbons (Fsp3) is 0.750. The third-order valence-corrected chi connectivity index (χ3v) is 5.80. The van der Waals surface area contributed by atoms with Gasteiger partial charge in [-0.15, -0.1) is 0 Å². The van der Waals surface area contributed by atoms with E-state index in [0.29, 0.717) is 49.1 Å². The summed E-state index contributed by atoms with van der Waals surface area (Å²) < 4.78 is 34.1. The van der Waals surface area contributed by atoms with E-state index >= 15 is 0 Å². The van der Waals surface area contributed by atoms with E-state index < -0.39 is 10.0 Å². The Bertz CT molecular complexity index is 582. The Morgan fingerprint density at radius 1 is 1.45 bits per heavy atom. The lowest BCUT2D eigenvalue weighted by molar-refractivity contribution is 0.0392. The van der Waals surface area contributed by atoms with E-state index in [9.17, 15) is 8.42 Å². The topological polar surface area (TPSA) is 90.5 Å². The molecule has 1 aromatic heterocycles. The van der Waals surface area contributed by atoms with Gasteiger partial charge >= 0.3 is 0 Å². The molecule has 20 heavy (non-hydrogen) atoms. The monoisotopic (exact) mass is 302 g/mol. The SMILES string of the molecule is Cc1nn(CCN)c(C)c1S(=O)(=O)N1CCOCC1C. The Hall–Kier alpha value is -0.960. The lowest BCUT2D eigenvalue weighted by Crippen LogP contribution is -2.47. The molecule has 1 unspecified atom stereocenters. The predicted octanol–water partition coefficient (Wildman–Crippen LogP) is -0.132. The zero-order valence-electron chi connectivity index (χ0n) is 12.2. The van der Waals surface area contributed by atoms with Gasteiger partial charge in [-0.25, -0.2) is 8.42 Å². The molecule has 1 aromatic rings. The number of aromatic nitrogens is 2. The van der Waals surface area contributed by atoms with Gasteiger partial charge in [-0.2, -0.15) is 9.40 Å². The van der Waals surface area contributed by atoms with E-state index in [1.807, 2.05) is 6.92 Å². The molecular weight excluding hydrogens is 280 g/mol. The van der Waals surface area contributed by atoms with E-state index in [-0.39, 0.29) is 6.04 Å². The Balaban J connectivity index is 2.43. The van der Waals surface area contributed by atoms with E-state index in [4.69, 9.17) is 10.5 Å². The molecule has 2 rings (SSSR count). The summed E-state index contributed by atoms with van der Waals surface area (Å²) in [6, 6.07) is -0.162. The molecule has 1 fully saturated rings. The normalized spacial score (nSPS) is 21.3. The Kier molecular flexibility index (Phi) is 4.48. The molecule has 0 amide bonds. The number of morpholine rings is 1. The first-order valence-corrected chi connectivity index (χ1v) is 8.17. The number of nitrogens with zero attached hydrogens (tertiary/aromatic N) is 3. The average Bonchev–Trinajstić information content (AvgIpc) is 2.65. The van der Waals surface area contributed by atoms with Crippen molar-refractivity contribution in [2.45, 2.75) is 38.3 Å². The van der Waals surface area contributed by atoms with Crippen molar-refractivity contribution in [3.8, 4) is 0 Å². The summed E-state index contributed by atoms with van der Waals surface area (Å²) in [5.74, 6) is 0. The Morgan fingerprint density at radius 3 is 2.75 bits per heavy atom. The van der Waals surface area contributed by atoms with Crippen molar-refractivity contribution in [1.82, 2.24) is 14.1 Å². The van der Waals surface area contributed by atoms with Crippen molar-refractivity contribution in [2.24, 2.45) is 5.73 Å². The van der Waals surface area contributed by atoms with Crippen molar-refractivity contribution in [3.05, 3.63) is 11.4 Å². The van der Waals surface area contributed by atoms with Crippen LogP contribution in [0.15, 0.2) is 4.90 Å². The number of ether oxygens (including phenoxy) is 1. The van der Waals surface area contributed by atoms with Gasteiger partial charge in [-0.3, -0.25) is 4.68 Å². The fourth-order valence-electron chi connectivity index (χ4n) is 2.58. The van der Waals surface area contributed by atoms with Crippen LogP contribution in [-0.4, -0.2) is 54.8 Å². The predicted molar refractivity (Wildman–Crippen MR) is 74.9 cm³/mol. The number of rotatable bonds is 4. The van der Waals surface area contributed by atoms with Gasteiger partial charge in [0.2, 0.25) is 10.0 Å². The summed E-state index contributed by atoms with van der Waals surface area (Å²) in [5, 5.41) is 4.29. The minimum atomic E-state index is -3.54. The second kappa shape index (κ2) is 5.80. The van der Waals surface area contributed by atoms with Crippen LogP contribution in [0.25, 0.3) is 0 Å². The molecule has 2 N–H and O–H groups in total. The van der Waals surface area contributed by atoms with Crippen molar-refractivity contribution >= 4 is 10.0 Å². The molecule has 0 aliphatic carbocycles. The Morgan fingerprint density at radius 2 is 2.15 bits per heavy atom. The van der Waals surface area contributed by atoms with E-state index in [1.54, 1.807) is 18.5 Å². The first-order valence-electron chi connectivity index (χ1n) is 6.73. The van der Waals surface area contributed by atoms with Gasteiger partial charge in [-0.1, -0.05) is 0 Å². The van der Waals surface area contributed by atoms with Gasteiger partial charge < -0.3 is 10.5 Å². The minimum Gasteiger partial charge on any atom is -0.378 e. The van der Waals surface area contributed by atoms with E-state index in [1.165, 1.54) is 4.31 Å². The second-order valence-corrected chi connectivity index (χ2v) is 6.88. The zero-order valence-corrected chi connectivity index (χ0v) is 13.0. The third-order valence-electron chi connectivity index (χ3n) is 3.53. The van der Waals surface area contributed by atoms with Crippen molar-refractivity contribution in [2.75, 3.05) is 26.3 Å². The van der Waals surface area contributed by atoms with E-state index in [0.717, 1.165) is 0 Å². The molecule has 8 heteroatoms. The molecule has 1 aliphatic heterocycles. The number of nitrogens with two attached hydrogens (primary N) is 1. The number of hydrogen-bond donors (Lipinski definition) is 1. The highest BCUT2D eigenvalue weighted by molar-refractivity contribution is 7.89. The lowest BCUT2D eigenvalue weighted by Gasteiger charge is -2.32. The quantitative estimate of drug-likeness (QED) is 0.836. The molecule has 0 aromatic carbocycles. The summed E-state index contributed by atoms with van der Waals surface area (Å²) >= 11 is 0. The maximum absolute atomic E-state index is 12.8. The van der Waals surface area contributed by atoms with Crippen LogP contribution in [-0.2, 0) is 21.3 Å². The average molecular weight is 302 g/mol. The highest BCUT2D eigenvalue weighted by Gasteiger charge is 2.35. The molecule has 1 aliphatic rings. The van der Waals surface area contributed by atoms with Crippen LogP contribution in [0.2, 0.25) is 0 Å². The van der Waals surface area contributed by atoms with E-state index in [2.05, 4.69) is 5.10 Å². The van der Waals surface area contributed by atoms with Gasteiger partial charge in [0.05, 0.1) is 31.1 Å². The van der Waals surface area contributed by atoms with Gasteiger partial charge in [-0.05, 0) is 20.8 Å². The standard InChI is InChI=1S/C12H22N4O3S/c1-9-8-19-7-6-16(9)20(17,18)12-10(2)14-15(5-4-13)11(12)3/h9H,4-8,13H2,1-3H3. The summed E-state index contributed by atoms with van der Waals surface area (Å²) in [4.78, 5) is 0.305. The van der Waals surface area contributed by atoms with Crippen molar-refractivity contribution < 1.29 is 13.2 Å². The maximum atomic E-state index is 12.8. The molecule has 7 nitrogen and oxygen atoms in total. The second-order valence-electron chi connectivity index (χ2n) is 5.05. The van der Waals surface area contributed by atoms with Crippen LogP contribution in [0.3, 0.4) is 0 Å². The molecule has 2 heterocycles. The first-order chi connectivity index (χ1) is 9.39. The third kappa shape index (κ3) is 2.60. The number of sulfonamides is 1. The summed E-state index contributed by atoms with van der Waals surface area (Å²) in [5.41, 5.74) is 6.69. The maximum Gasteiger partial charge on any atom is 0.247 e. The smallest absolute Gasteiger partial charge is 0.247 e. The first kappa shape index (κ1) is 15.4. The van der Waals surface area contributed by atoms with Crippen LogP contribution in [0.1, 0.15) is 18.3 Å². The highest BCUT2D eigenvalue weighted by Crippen LogP contribution is 2.26. The molecule has 1 atom stereocenters. The minimum absolute atomic E-state index is 0.162.